The van der Waals surface area contributed by atoms with E-state index in [-0.39, 0.29) is 17.0 Å². The van der Waals surface area contributed by atoms with Gasteiger partial charge in [-0.25, -0.2) is 13.1 Å². The Hall–Kier alpha value is -1.15. The highest BCUT2D eigenvalue weighted by Crippen LogP contribution is 2.27. The Bertz CT molecular complexity index is 589. The molecule has 0 aromatic heterocycles. The van der Waals surface area contributed by atoms with Gasteiger partial charge in [0, 0.05) is 19.7 Å². The fourth-order valence-corrected chi connectivity index (χ4v) is 4.04. The van der Waals surface area contributed by atoms with Crippen molar-refractivity contribution in [3.05, 3.63) is 23.8 Å². The van der Waals surface area contributed by atoms with Crippen molar-refractivity contribution in [1.82, 2.24) is 4.72 Å². The molecule has 3 N–H and O–H groups in total. The molecule has 1 aliphatic carbocycles. The van der Waals surface area contributed by atoms with Crippen LogP contribution in [0, 0.1) is 0 Å². The molecule has 1 fully saturated rings. The molecule has 1 saturated carbocycles. The second kappa shape index (κ2) is 6.74. The zero-order valence-electron chi connectivity index (χ0n) is 12.3. The van der Waals surface area contributed by atoms with Crippen LogP contribution in [0.25, 0.3) is 0 Å². The van der Waals surface area contributed by atoms with Crippen LogP contribution in [-0.4, -0.2) is 34.8 Å². The topological polar surface area (TPSA) is 90.7 Å². The van der Waals surface area contributed by atoms with Gasteiger partial charge in [-0.05, 0) is 37.0 Å². The number of rotatable bonds is 6. The molecule has 1 aliphatic rings. The van der Waals surface area contributed by atoms with Crippen molar-refractivity contribution in [2.24, 2.45) is 5.73 Å². The average molecular weight is 314 g/mol. The van der Waals surface area contributed by atoms with E-state index in [9.17, 15) is 8.42 Å². The molecule has 1 aromatic carbocycles. The second-order valence-corrected chi connectivity index (χ2v) is 6.86. The summed E-state index contributed by atoms with van der Waals surface area (Å²) in [6, 6.07) is 4.79. The molecule has 0 heterocycles. The van der Waals surface area contributed by atoms with Crippen LogP contribution in [0.4, 0.5) is 0 Å². The lowest BCUT2D eigenvalue weighted by atomic mass is 10.2. The SMILES string of the molecule is COc1cc(CN)ccc1S(=O)(=O)NC1CCC(OC)C1. The quantitative estimate of drug-likeness (QED) is 0.817. The van der Waals surface area contributed by atoms with Crippen molar-refractivity contribution in [3.8, 4) is 5.75 Å². The zero-order valence-corrected chi connectivity index (χ0v) is 13.2. The molecule has 118 valence electrons. The smallest absolute Gasteiger partial charge is 0.244 e. The van der Waals surface area contributed by atoms with Gasteiger partial charge in [-0.15, -0.1) is 0 Å². The minimum Gasteiger partial charge on any atom is -0.495 e. The van der Waals surface area contributed by atoms with E-state index in [0.717, 1.165) is 18.4 Å². The molecule has 2 atom stereocenters. The average Bonchev–Trinajstić information content (AvgIpc) is 2.93. The van der Waals surface area contributed by atoms with Gasteiger partial charge in [0.05, 0.1) is 13.2 Å². The van der Waals surface area contributed by atoms with Crippen LogP contribution < -0.4 is 15.2 Å². The number of benzene rings is 1. The van der Waals surface area contributed by atoms with Crippen molar-refractivity contribution in [1.29, 1.82) is 0 Å². The molecule has 1 aromatic rings. The number of sulfonamides is 1. The zero-order chi connectivity index (χ0) is 15.5. The third kappa shape index (κ3) is 3.74. The van der Waals surface area contributed by atoms with Gasteiger partial charge in [-0.1, -0.05) is 6.07 Å². The molecular weight excluding hydrogens is 292 g/mol. The van der Waals surface area contributed by atoms with Gasteiger partial charge in [0.2, 0.25) is 10.0 Å². The van der Waals surface area contributed by atoms with Gasteiger partial charge < -0.3 is 15.2 Å². The van der Waals surface area contributed by atoms with Gasteiger partial charge in [-0.3, -0.25) is 0 Å². The van der Waals surface area contributed by atoms with Crippen molar-refractivity contribution < 1.29 is 17.9 Å². The molecule has 0 radical (unpaired) electrons. The lowest BCUT2D eigenvalue weighted by Gasteiger charge is -2.16. The van der Waals surface area contributed by atoms with Crippen LogP contribution in [0.1, 0.15) is 24.8 Å². The molecule has 2 rings (SSSR count). The monoisotopic (exact) mass is 314 g/mol. The van der Waals surface area contributed by atoms with Gasteiger partial charge in [0.1, 0.15) is 10.6 Å². The van der Waals surface area contributed by atoms with E-state index in [4.69, 9.17) is 15.2 Å². The van der Waals surface area contributed by atoms with Crippen molar-refractivity contribution in [2.45, 2.75) is 42.8 Å². The Morgan fingerprint density at radius 1 is 1.33 bits per heavy atom. The molecule has 7 heteroatoms. The first-order chi connectivity index (χ1) is 10.00. The van der Waals surface area contributed by atoms with Gasteiger partial charge >= 0.3 is 0 Å². The molecule has 0 spiro atoms. The molecule has 2 unspecified atom stereocenters. The highest BCUT2D eigenvalue weighted by Gasteiger charge is 2.30. The summed E-state index contributed by atoms with van der Waals surface area (Å²) < 4.78 is 38.2. The Morgan fingerprint density at radius 2 is 2.10 bits per heavy atom. The number of hydrogen-bond donors (Lipinski definition) is 2. The summed E-state index contributed by atoms with van der Waals surface area (Å²) in [5, 5.41) is 0. The summed E-state index contributed by atoms with van der Waals surface area (Å²) in [4.78, 5) is 0.142. The lowest BCUT2D eigenvalue weighted by molar-refractivity contribution is 0.107. The number of hydrogen-bond acceptors (Lipinski definition) is 5. The van der Waals surface area contributed by atoms with Crippen LogP contribution in [0.2, 0.25) is 0 Å². The van der Waals surface area contributed by atoms with Crippen LogP contribution >= 0.6 is 0 Å². The predicted octanol–water partition coefficient (Wildman–Crippen LogP) is 1.000. The van der Waals surface area contributed by atoms with E-state index in [1.807, 2.05) is 0 Å². The largest absolute Gasteiger partial charge is 0.495 e. The van der Waals surface area contributed by atoms with Crippen LogP contribution in [0.3, 0.4) is 0 Å². The van der Waals surface area contributed by atoms with Gasteiger partial charge in [0.15, 0.2) is 0 Å². The number of nitrogens with two attached hydrogens (primary N) is 1. The van der Waals surface area contributed by atoms with E-state index in [1.54, 1.807) is 19.2 Å². The van der Waals surface area contributed by atoms with Gasteiger partial charge in [-0.2, -0.15) is 0 Å². The van der Waals surface area contributed by atoms with E-state index in [0.29, 0.717) is 18.7 Å². The minimum atomic E-state index is -3.61. The first-order valence-electron chi connectivity index (χ1n) is 6.92. The summed E-state index contributed by atoms with van der Waals surface area (Å²) in [5.74, 6) is 0.312. The van der Waals surface area contributed by atoms with E-state index in [1.165, 1.54) is 13.2 Å². The summed E-state index contributed by atoms with van der Waals surface area (Å²) >= 11 is 0. The maximum absolute atomic E-state index is 12.5. The maximum atomic E-state index is 12.5. The van der Waals surface area contributed by atoms with Crippen molar-refractivity contribution in [3.63, 3.8) is 0 Å². The number of nitrogens with one attached hydrogen (secondary N) is 1. The third-order valence-corrected chi connectivity index (χ3v) is 5.35. The normalized spacial score (nSPS) is 22.4. The molecular formula is C14H22N2O4S. The van der Waals surface area contributed by atoms with Crippen LogP contribution in [0.5, 0.6) is 5.75 Å². The molecule has 0 aliphatic heterocycles. The summed E-state index contributed by atoms with van der Waals surface area (Å²) in [6.45, 7) is 0.336. The van der Waals surface area contributed by atoms with Gasteiger partial charge in [0.25, 0.3) is 0 Å². The van der Waals surface area contributed by atoms with Crippen molar-refractivity contribution >= 4 is 10.0 Å². The molecule has 21 heavy (non-hydrogen) atoms. The second-order valence-electron chi connectivity index (χ2n) is 5.18. The fraction of sp³-hybridized carbons (Fsp3) is 0.571. The molecule has 6 nitrogen and oxygen atoms in total. The molecule has 0 amide bonds. The van der Waals surface area contributed by atoms with Crippen LogP contribution in [-0.2, 0) is 21.3 Å². The fourth-order valence-electron chi connectivity index (χ4n) is 2.61. The van der Waals surface area contributed by atoms with E-state index >= 15 is 0 Å². The third-order valence-electron chi connectivity index (χ3n) is 3.79. The maximum Gasteiger partial charge on any atom is 0.244 e. The predicted molar refractivity (Wildman–Crippen MR) is 79.6 cm³/mol. The van der Waals surface area contributed by atoms with E-state index in [2.05, 4.69) is 4.72 Å². The standard InChI is InChI=1S/C14H22N2O4S/c1-19-12-5-4-11(8-12)16-21(17,18)14-6-3-10(9-15)7-13(14)20-2/h3,6-7,11-12,16H,4-5,8-9,15H2,1-2H3. The minimum absolute atomic E-state index is 0.0983. The molecule has 0 saturated heterocycles. The summed E-state index contributed by atoms with van der Waals surface area (Å²) in [7, 11) is -0.516. The van der Waals surface area contributed by atoms with E-state index < -0.39 is 10.0 Å². The Balaban J connectivity index is 2.19. The number of methoxy groups -OCH3 is 2. The highest BCUT2D eigenvalue weighted by molar-refractivity contribution is 7.89. The first kappa shape index (κ1) is 16.2. The first-order valence-corrected chi connectivity index (χ1v) is 8.40. The summed E-state index contributed by atoms with van der Waals surface area (Å²) in [5.41, 5.74) is 6.39. The Kier molecular flexibility index (Phi) is 5.21. The summed E-state index contributed by atoms with van der Waals surface area (Å²) in [6.07, 6.45) is 2.46. The van der Waals surface area contributed by atoms with Crippen LogP contribution in [0.15, 0.2) is 23.1 Å². The highest BCUT2D eigenvalue weighted by atomic mass is 32.2. The number of ether oxygens (including phenoxy) is 2. The Morgan fingerprint density at radius 3 is 2.67 bits per heavy atom. The Labute approximate surface area is 125 Å². The lowest BCUT2D eigenvalue weighted by Crippen LogP contribution is -2.33. The van der Waals surface area contributed by atoms with Crippen molar-refractivity contribution in [2.75, 3.05) is 14.2 Å². The molecule has 0 bridgehead atoms.